The van der Waals surface area contributed by atoms with E-state index in [1.807, 2.05) is 0 Å². The van der Waals surface area contributed by atoms with E-state index in [9.17, 15) is 13.2 Å². The van der Waals surface area contributed by atoms with Gasteiger partial charge in [0.1, 0.15) is 5.75 Å². The SMILES string of the molecule is COc1cc(NC(=O)[C@@H]2C[C@H]3CC[C@H]2C3)ccc1NS(C)(=O)=O. The zero-order valence-electron chi connectivity index (χ0n) is 13.3. The number of methoxy groups -OCH3 is 1. The number of sulfonamides is 1. The molecule has 0 unspecified atom stereocenters. The Kier molecular flexibility index (Phi) is 4.23. The molecule has 126 valence electrons. The first kappa shape index (κ1) is 16.1. The van der Waals surface area contributed by atoms with E-state index < -0.39 is 10.0 Å². The number of rotatable bonds is 5. The van der Waals surface area contributed by atoms with Crippen LogP contribution in [0, 0.1) is 17.8 Å². The monoisotopic (exact) mass is 338 g/mol. The van der Waals surface area contributed by atoms with Gasteiger partial charge in [0.05, 0.1) is 19.1 Å². The average Bonchev–Trinajstić information content (AvgIpc) is 3.10. The Morgan fingerprint density at radius 2 is 2.04 bits per heavy atom. The lowest BCUT2D eigenvalue weighted by molar-refractivity contribution is -0.121. The molecule has 6 nitrogen and oxygen atoms in total. The Morgan fingerprint density at radius 1 is 1.26 bits per heavy atom. The number of amides is 1. The maximum Gasteiger partial charge on any atom is 0.229 e. The van der Waals surface area contributed by atoms with Crippen molar-refractivity contribution < 1.29 is 17.9 Å². The van der Waals surface area contributed by atoms with Gasteiger partial charge in [-0.1, -0.05) is 6.42 Å². The van der Waals surface area contributed by atoms with Crippen molar-refractivity contribution in [2.24, 2.45) is 17.8 Å². The predicted octanol–water partition coefficient (Wildman–Crippen LogP) is 2.44. The Hall–Kier alpha value is -1.76. The topological polar surface area (TPSA) is 84.5 Å². The minimum absolute atomic E-state index is 0.0584. The van der Waals surface area contributed by atoms with Gasteiger partial charge in [-0.25, -0.2) is 8.42 Å². The minimum Gasteiger partial charge on any atom is -0.494 e. The zero-order chi connectivity index (χ0) is 16.6. The summed E-state index contributed by atoms with van der Waals surface area (Å²) in [5, 5.41) is 2.94. The summed E-state index contributed by atoms with van der Waals surface area (Å²) in [5.41, 5.74) is 0.974. The van der Waals surface area contributed by atoms with Gasteiger partial charge in [-0.2, -0.15) is 0 Å². The van der Waals surface area contributed by atoms with Gasteiger partial charge in [0.25, 0.3) is 0 Å². The van der Waals surface area contributed by atoms with E-state index >= 15 is 0 Å². The first-order valence-electron chi connectivity index (χ1n) is 7.82. The summed E-state index contributed by atoms with van der Waals surface area (Å²) < 4.78 is 30.3. The van der Waals surface area contributed by atoms with E-state index in [2.05, 4.69) is 10.0 Å². The molecule has 0 radical (unpaired) electrons. The van der Waals surface area contributed by atoms with E-state index in [1.165, 1.54) is 20.0 Å². The second-order valence-electron chi connectivity index (χ2n) is 6.56. The quantitative estimate of drug-likeness (QED) is 0.863. The van der Waals surface area contributed by atoms with Gasteiger partial charge in [0, 0.05) is 17.7 Å². The van der Waals surface area contributed by atoms with Gasteiger partial charge < -0.3 is 10.1 Å². The lowest BCUT2D eigenvalue weighted by Crippen LogP contribution is -2.27. The number of nitrogens with one attached hydrogen (secondary N) is 2. The molecule has 1 aromatic carbocycles. The lowest BCUT2D eigenvalue weighted by Gasteiger charge is -2.21. The van der Waals surface area contributed by atoms with Crippen molar-refractivity contribution in [3.63, 3.8) is 0 Å². The molecule has 0 heterocycles. The molecule has 7 heteroatoms. The lowest BCUT2D eigenvalue weighted by atomic mass is 9.88. The number of ether oxygens (including phenoxy) is 1. The predicted molar refractivity (Wildman–Crippen MR) is 89.0 cm³/mol. The third-order valence-electron chi connectivity index (χ3n) is 4.84. The number of anilines is 2. The molecule has 0 spiro atoms. The van der Waals surface area contributed by atoms with Crippen LogP contribution in [-0.4, -0.2) is 27.7 Å². The van der Waals surface area contributed by atoms with Crippen LogP contribution in [0.4, 0.5) is 11.4 Å². The van der Waals surface area contributed by atoms with Crippen molar-refractivity contribution in [1.29, 1.82) is 0 Å². The van der Waals surface area contributed by atoms with Crippen molar-refractivity contribution in [3.05, 3.63) is 18.2 Å². The maximum absolute atomic E-state index is 12.5. The summed E-state index contributed by atoms with van der Waals surface area (Å²) in [6, 6.07) is 4.91. The fourth-order valence-corrected chi connectivity index (χ4v) is 4.42. The fraction of sp³-hybridized carbons (Fsp3) is 0.562. The largest absolute Gasteiger partial charge is 0.494 e. The molecular formula is C16H22N2O4S. The van der Waals surface area contributed by atoms with Crippen LogP contribution >= 0.6 is 0 Å². The summed E-state index contributed by atoms with van der Waals surface area (Å²) in [6.45, 7) is 0. The van der Waals surface area contributed by atoms with Crippen LogP contribution in [-0.2, 0) is 14.8 Å². The first-order chi connectivity index (χ1) is 10.9. The first-order valence-corrected chi connectivity index (χ1v) is 9.71. The number of carbonyl (C=O) groups excluding carboxylic acids is 1. The van der Waals surface area contributed by atoms with E-state index in [4.69, 9.17) is 4.74 Å². The maximum atomic E-state index is 12.5. The van der Waals surface area contributed by atoms with E-state index in [-0.39, 0.29) is 11.8 Å². The molecule has 2 aliphatic rings. The van der Waals surface area contributed by atoms with Gasteiger partial charge in [-0.05, 0) is 43.2 Å². The Labute approximate surface area is 136 Å². The molecule has 3 atom stereocenters. The highest BCUT2D eigenvalue weighted by molar-refractivity contribution is 7.92. The van der Waals surface area contributed by atoms with Crippen molar-refractivity contribution in [2.45, 2.75) is 25.7 Å². The summed E-state index contributed by atoms with van der Waals surface area (Å²) >= 11 is 0. The molecule has 1 amide bonds. The number of carbonyl (C=O) groups is 1. The van der Waals surface area contributed by atoms with Crippen molar-refractivity contribution in [3.8, 4) is 5.75 Å². The van der Waals surface area contributed by atoms with Crippen LogP contribution in [0.3, 0.4) is 0 Å². The number of benzene rings is 1. The highest BCUT2D eigenvalue weighted by Gasteiger charge is 2.43. The average molecular weight is 338 g/mol. The third kappa shape index (κ3) is 3.60. The standard InChI is InChI=1S/C16H22N2O4S/c1-22-15-9-12(5-6-14(15)18-23(2,20)21)17-16(19)13-8-10-3-4-11(13)7-10/h5-6,9-11,13,18H,3-4,7-8H2,1-2H3,(H,17,19)/t10-,11-,13+/m0/s1. The summed E-state index contributed by atoms with van der Waals surface area (Å²) in [5.74, 6) is 1.78. The summed E-state index contributed by atoms with van der Waals surface area (Å²) in [6.07, 6.45) is 5.66. The fourth-order valence-electron chi connectivity index (χ4n) is 3.85. The Morgan fingerprint density at radius 3 is 2.61 bits per heavy atom. The number of hydrogen-bond acceptors (Lipinski definition) is 4. The van der Waals surface area contributed by atoms with Crippen LogP contribution in [0.25, 0.3) is 0 Å². The van der Waals surface area contributed by atoms with Crippen molar-refractivity contribution in [2.75, 3.05) is 23.4 Å². The van der Waals surface area contributed by atoms with Gasteiger partial charge in [-0.3, -0.25) is 9.52 Å². The van der Waals surface area contributed by atoms with Crippen LogP contribution in [0.5, 0.6) is 5.75 Å². The zero-order valence-corrected chi connectivity index (χ0v) is 14.2. The highest BCUT2D eigenvalue weighted by atomic mass is 32.2. The third-order valence-corrected chi connectivity index (χ3v) is 5.43. The van der Waals surface area contributed by atoms with Crippen LogP contribution in [0.1, 0.15) is 25.7 Å². The smallest absolute Gasteiger partial charge is 0.229 e. The number of fused-ring (bicyclic) bond motifs is 2. The summed E-state index contributed by atoms with van der Waals surface area (Å²) in [7, 11) is -1.92. The highest BCUT2D eigenvalue weighted by Crippen LogP contribution is 2.48. The molecule has 1 aromatic rings. The molecular weight excluding hydrogens is 316 g/mol. The second-order valence-corrected chi connectivity index (χ2v) is 8.31. The van der Waals surface area contributed by atoms with Crippen molar-refractivity contribution in [1.82, 2.24) is 0 Å². The van der Waals surface area contributed by atoms with Gasteiger partial charge >= 0.3 is 0 Å². The molecule has 23 heavy (non-hydrogen) atoms. The minimum atomic E-state index is -3.38. The van der Waals surface area contributed by atoms with Crippen LogP contribution < -0.4 is 14.8 Å². The van der Waals surface area contributed by atoms with E-state index in [0.717, 1.165) is 19.1 Å². The Bertz CT molecular complexity index is 717. The van der Waals surface area contributed by atoms with Gasteiger partial charge in [-0.15, -0.1) is 0 Å². The van der Waals surface area contributed by atoms with Crippen LogP contribution in [0.15, 0.2) is 18.2 Å². The van der Waals surface area contributed by atoms with Crippen molar-refractivity contribution >= 4 is 27.3 Å². The Balaban J connectivity index is 1.72. The molecule has 0 aromatic heterocycles. The number of hydrogen-bond donors (Lipinski definition) is 2. The molecule has 2 fully saturated rings. The molecule has 2 bridgehead atoms. The molecule has 2 saturated carbocycles. The summed E-state index contributed by atoms with van der Waals surface area (Å²) in [4.78, 5) is 12.5. The normalized spacial score (nSPS) is 26.1. The van der Waals surface area contributed by atoms with E-state index in [1.54, 1.807) is 18.2 Å². The molecule has 2 N–H and O–H groups in total. The van der Waals surface area contributed by atoms with Gasteiger partial charge in [0.15, 0.2) is 0 Å². The van der Waals surface area contributed by atoms with Crippen LogP contribution in [0.2, 0.25) is 0 Å². The molecule has 0 aliphatic heterocycles. The molecule has 3 rings (SSSR count). The molecule has 0 saturated heterocycles. The van der Waals surface area contributed by atoms with Gasteiger partial charge in [0.2, 0.25) is 15.9 Å². The molecule has 2 aliphatic carbocycles. The van der Waals surface area contributed by atoms with E-state index in [0.29, 0.717) is 29.0 Å². The second kappa shape index (κ2) is 6.03.